The maximum absolute atomic E-state index is 13.5. The molecular weight excluding hydrogens is 396 g/mol. The number of fused-ring (bicyclic) bond motifs is 1. The SMILES string of the molecule is CCCC(=O)N(CCCOC)CC(=O)N1CCc2sccc2[C@@H]1c1ccccc1C. The molecule has 6 heteroatoms. The average Bonchev–Trinajstić information content (AvgIpc) is 3.22. The summed E-state index contributed by atoms with van der Waals surface area (Å²) in [5.41, 5.74) is 3.56. The van der Waals surface area contributed by atoms with E-state index in [0.717, 1.165) is 24.8 Å². The first kappa shape index (κ1) is 22.5. The normalized spacial score (nSPS) is 15.7. The monoisotopic (exact) mass is 428 g/mol. The molecule has 0 saturated carbocycles. The van der Waals surface area contributed by atoms with Crippen LogP contribution in [-0.4, -0.2) is 55.0 Å². The second kappa shape index (κ2) is 10.7. The third-order valence-electron chi connectivity index (χ3n) is 5.69. The molecule has 1 aromatic carbocycles. The Morgan fingerprint density at radius 2 is 2.03 bits per heavy atom. The lowest BCUT2D eigenvalue weighted by molar-refractivity contribution is -0.142. The minimum absolute atomic E-state index is 0.0157. The van der Waals surface area contributed by atoms with Gasteiger partial charge in [0.05, 0.1) is 12.6 Å². The molecule has 162 valence electrons. The van der Waals surface area contributed by atoms with Crippen molar-refractivity contribution < 1.29 is 14.3 Å². The summed E-state index contributed by atoms with van der Waals surface area (Å²) in [6, 6.07) is 10.3. The highest BCUT2D eigenvalue weighted by molar-refractivity contribution is 7.10. The number of aryl methyl sites for hydroxylation is 1. The van der Waals surface area contributed by atoms with Crippen molar-refractivity contribution in [2.24, 2.45) is 0 Å². The summed E-state index contributed by atoms with van der Waals surface area (Å²) in [6.45, 7) is 6.02. The summed E-state index contributed by atoms with van der Waals surface area (Å²) in [6.07, 6.45) is 2.85. The second-order valence-electron chi connectivity index (χ2n) is 7.81. The van der Waals surface area contributed by atoms with Gasteiger partial charge >= 0.3 is 0 Å². The summed E-state index contributed by atoms with van der Waals surface area (Å²) < 4.78 is 5.14. The molecule has 1 aliphatic rings. The molecule has 0 spiro atoms. The number of thiophene rings is 1. The highest BCUT2D eigenvalue weighted by atomic mass is 32.1. The molecule has 0 unspecified atom stereocenters. The Bertz CT molecular complexity index is 864. The predicted molar refractivity (Wildman–Crippen MR) is 121 cm³/mol. The number of benzene rings is 1. The van der Waals surface area contributed by atoms with Gasteiger partial charge in [0.2, 0.25) is 11.8 Å². The molecule has 0 N–H and O–H groups in total. The molecule has 2 heterocycles. The number of hydrogen-bond acceptors (Lipinski definition) is 4. The van der Waals surface area contributed by atoms with Crippen LogP contribution in [0.5, 0.6) is 0 Å². The van der Waals surface area contributed by atoms with Crippen LogP contribution in [0.2, 0.25) is 0 Å². The van der Waals surface area contributed by atoms with Crippen molar-refractivity contribution in [1.29, 1.82) is 0 Å². The van der Waals surface area contributed by atoms with Crippen molar-refractivity contribution >= 4 is 23.2 Å². The van der Waals surface area contributed by atoms with Gasteiger partial charge in [0.1, 0.15) is 0 Å². The summed E-state index contributed by atoms with van der Waals surface area (Å²) in [5.74, 6) is 0.0598. The molecule has 1 aliphatic heterocycles. The zero-order chi connectivity index (χ0) is 21.5. The third kappa shape index (κ3) is 5.10. The standard InChI is InChI=1S/C24H32N2O3S/c1-4-8-22(27)25(13-7-15-29-3)17-23(28)26-14-11-21-20(12-16-30-21)24(26)19-10-6-5-9-18(19)2/h5-6,9-10,12,16,24H,4,7-8,11,13-15,17H2,1-3H3/t24-/m0/s1. The minimum atomic E-state index is -0.0872. The Kier molecular flexibility index (Phi) is 8.05. The summed E-state index contributed by atoms with van der Waals surface area (Å²) in [7, 11) is 1.66. The molecule has 1 aromatic heterocycles. The van der Waals surface area contributed by atoms with E-state index in [9.17, 15) is 9.59 Å². The van der Waals surface area contributed by atoms with Gasteiger partial charge in [-0.1, -0.05) is 31.2 Å². The van der Waals surface area contributed by atoms with Crippen LogP contribution in [0.3, 0.4) is 0 Å². The Balaban J connectivity index is 1.85. The number of nitrogens with zero attached hydrogens (tertiary/aromatic N) is 2. The van der Waals surface area contributed by atoms with Crippen LogP contribution in [0.1, 0.15) is 53.8 Å². The van der Waals surface area contributed by atoms with Crippen LogP contribution in [0.4, 0.5) is 0 Å². The predicted octanol–water partition coefficient (Wildman–Crippen LogP) is 4.20. The summed E-state index contributed by atoms with van der Waals surface area (Å²) in [5, 5.41) is 2.12. The topological polar surface area (TPSA) is 49.9 Å². The molecular formula is C24H32N2O3S. The molecule has 2 amide bonds. The van der Waals surface area contributed by atoms with E-state index in [2.05, 4.69) is 30.5 Å². The Hall–Kier alpha value is -2.18. The van der Waals surface area contributed by atoms with Gasteiger partial charge in [-0.2, -0.15) is 0 Å². The van der Waals surface area contributed by atoms with Crippen LogP contribution in [-0.2, 0) is 20.7 Å². The third-order valence-corrected chi connectivity index (χ3v) is 6.68. The molecule has 0 radical (unpaired) electrons. The van der Waals surface area contributed by atoms with Crippen molar-refractivity contribution in [2.75, 3.05) is 33.4 Å². The van der Waals surface area contributed by atoms with Crippen molar-refractivity contribution in [3.8, 4) is 0 Å². The van der Waals surface area contributed by atoms with Gasteiger partial charge in [-0.25, -0.2) is 0 Å². The molecule has 0 fully saturated rings. The largest absolute Gasteiger partial charge is 0.385 e. The van der Waals surface area contributed by atoms with Crippen LogP contribution >= 0.6 is 11.3 Å². The number of hydrogen-bond donors (Lipinski definition) is 0. The zero-order valence-electron chi connectivity index (χ0n) is 18.2. The van der Waals surface area contributed by atoms with Crippen molar-refractivity contribution in [1.82, 2.24) is 9.80 Å². The number of rotatable bonds is 9. The van der Waals surface area contributed by atoms with Gasteiger partial charge in [-0.3, -0.25) is 9.59 Å². The van der Waals surface area contributed by atoms with Crippen LogP contribution in [0.25, 0.3) is 0 Å². The quantitative estimate of drug-likeness (QED) is 0.563. The lowest BCUT2D eigenvalue weighted by atomic mass is 9.90. The van der Waals surface area contributed by atoms with E-state index in [1.165, 1.54) is 16.0 Å². The molecule has 0 saturated heterocycles. The van der Waals surface area contributed by atoms with Gasteiger partial charge in [-0.05, 0) is 54.3 Å². The number of methoxy groups -OCH3 is 1. The highest BCUT2D eigenvalue weighted by Gasteiger charge is 2.34. The van der Waals surface area contributed by atoms with Gasteiger partial charge in [0, 0.05) is 38.1 Å². The fourth-order valence-corrected chi connectivity index (χ4v) is 5.04. The average molecular weight is 429 g/mol. The van der Waals surface area contributed by atoms with Gasteiger partial charge in [0.25, 0.3) is 0 Å². The maximum atomic E-state index is 13.5. The summed E-state index contributed by atoms with van der Waals surface area (Å²) in [4.78, 5) is 31.2. The van der Waals surface area contributed by atoms with Crippen molar-refractivity contribution in [2.45, 2.75) is 45.6 Å². The Morgan fingerprint density at radius 3 is 2.77 bits per heavy atom. The lowest BCUT2D eigenvalue weighted by Gasteiger charge is -2.38. The minimum Gasteiger partial charge on any atom is -0.385 e. The number of carbonyl (C=O) groups excluding carboxylic acids is 2. The first-order valence-electron chi connectivity index (χ1n) is 10.7. The van der Waals surface area contributed by atoms with Gasteiger partial charge in [-0.15, -0.1) is 11.3 Å². The van der Waals surface area contributed by atoms with Crippen LogP contribution in [0.15, 0.2) is 35.7 Å². The first-order valence-corrected chi connectivity index (χ1v) is 11.6. The Labute approximate surface area is 183 Å². The molecule has 0 bridgehead atoms. The first-order chi connectivity index (χ1) is 14.6. The molecule has 3 rings (SSSR count). The fourth-order valence-electron chi connectivity index (χ4n) is 4.13. The van der Waals surface area contributed by atoms with E-state index in [4.69, 9.17) is 4.74 Å². The number of amides is 2. The van der Waals surface area contributed by atoms with E-state index < -0.39 is 0 Å². The van der Waals surface area contributed by atoms with Crippen LogP contribution in [0, 0.1) is 6.92 Å². The van der Waals surface area contributed by atoms with Gasteiger partial charge < -0.3 is 14.5 Å². The summed E-state index contributed by atoms with van der Waals surface area (Å²) >= 11 is 1.77. The fraction of sp³-hybridized carbons (Fsp3) is 0.500. The second-order valence-corrected chi connectivity index (χ2v) is 8.81. The lowest BCUT2D eigenvalue weighted by Crippen LogP contribution is -2.47. The van der Waals surface area contributed by atoms with E-state index in [-0.39, 0.29) is 24.4 Å². The van der Waals surface area contributed by atoms with Crippen molar-refractivity contribution in [3.63, 3.8) is 0 Å². The maximum Gasteiger partial charge on any atom is 0.242 e. The van der Waals surface area contributed by atoms with E-state index in [0.29, 0.717) is 26.1 Å². The molecule has 5 nitrogen and oxygen atoms in total. The smallest absolute Gasteiger partial charge is 0.242 e. The van der Waals surface area contributed by atoms with Crippen LogP contribution < -0.4 is 0 Å². The zero-order valence-corrected chi connectivity index (χ0v) is 19.0. The van der Waals surface area contributed by atoms with E-state index >= 15 is 0 Å². The highest BCUT2D eigenvalue weighted by Crippen LogP contribution is 2.39. The molecule has 30 heavy (non-hydrogen) atoms. The molecule has 2 aromatic rings. The van der Waals surface area contributed by atoms with Gasteiger partial charge in [0.15, 0.2) is 0 Å². The number of carbonyl (C=O) groups is 2. The number of ether oxygens (including phenoxy) is 1. The van der Waals surface area contributed by atoms with E-state index in [1.807, 2.05) is 24.0 Å². The molecule has 0 aliphatic carbocycles. The van der Waals surface area contributed by atoms with Crippen molar-refractivity contribution in [3.05, 3.63) is 57.3 Å². The molecule has 1 atom stereocenters. The van der Waals surface area contributed by atoms with E-state index in [1.54, 1.807) is 23.3 Å². The Morgan fingerprint density at radius 1 is 1.23 bits per heavy atom.